The van der Waals surface area contributed by atoms with Crippen molar-refractivity contribution >= 4 is 16.5 Å². The van der Waals surface area contributed by atoms with Gasteiger partial charge >= 0.3 is 0 Å². The van der Waals surface area contributed by atoms with Crippen molar-refractivity contribution in [2.75, 3.05) is 37.6 Å². The molecule has 0 saturated heterocycles. The van der Waals surface area contributed by atoms with E-state index in [1.807, 2.05) is 0 Å². The van der Waals surface area contributed by atoms with E-state index in [4.69, 9.17) is 0 Å². The lowest BCUT2D eigenvalue weighted by atomic mass is 10.3. The summed E-state index contributed by atoms with van der Waals surface area (Å²) in [5.74, 6) is 0. The van der Waals surface area contributed by atoms with Crippen molar-refractivity contribution in [2.24, 2.45) is 0 Å². The number of aromatic nitrogens is 1. The molecule has 0 saturated carbocycles. The van der Waals surface area contributed by atoms with E-state index in [1.165, 1.54) is 0 Å². The Kier molecular flexibility index (Phi) is 7.34. The number of aliphatic hydroxyl groups is 1. The molecule has 0 bridgehead atoms. The Morgan fingerprint density at radius 1 is 1.21 bits per heavy atom. The van der Waals surface area contributed by atoms with Gasteiger partial charge in [0.2, 0.25) is 0 Å². The molecule has 0 radical (unpaired) electrons. The Bertz CT molecular complexity index is 350. The molecule has 1 unspecified atom stereocenters. The first-order chi connectivity index (χ1) is 9.12. The van der Waals surface area contributed by atoms with Gasteiger partial charge in [-0.3, -0.25) is 0 Å². The second-order valence-corrected chi connectivity index (χ2v) is 5.72. The molecule has 1 aromatic rings. The highest BCUT2D eigenvalue weighted by atomic mass is 32.1. The monoisotopic (exact) mass is 285 g/mol. The molecule has 0 aliphatic heterocycles. The summed E-state index contributed by atoms with van der Waals surface area (Å²) in [7, 11) is 0. The number of nitrogens with zero attached hydrogens (tertiary/aromatic N) is 3. The topological polar surface area (TPSA) is 39.6 Å². The smallest absolute Gasteiger partial charge is 0.185 e. The zero-order chi connectivity index (χ0) is 14.3. The van der Waals surface area contributed by atoms with Crippen molar-refractivity contribution in [3.8, 4) is 0 Å². The molecule has 110 valence electrons. The lowest BCUT2D eigenvalue weighted by molar-refractivity contribution is 0.203. The van der Waals surface area contributed by atoms with Crippen LogP contribution in [0.15, 0.2) is 6.20 Å². The van der Waals surface area contributed by atoms with Crippen LogP contribution in [0, 0.1) is 0 Å². The Labute approximate surface area is 121 Å². The third-order valence-corrected chi connectivity index (χ3v) is 4.60. The molecule has 1 N–H and O–H groups in total. The Morgan fingerprint density at radius 2 is 1.89 bits per heavy atom. The molecular formula is C14H27N3OS. The Morgan fingerprint density at radius 3 is 2.37 bits per heavy atom. The van der Waals surface area contributed by atoms with Crippen molar-refractivity contribution in [1.82, 2.24) is 9.88 Å². The van der Waals surface area contributed by atoms with Crippen LogP contribution in [0.3, 0.4) is 0 Å². The van der Waals surface area contributed by atoms with E-state index in [1.54, 1.807) is 24.5 Å². The van der Waals surface area contributed by atoms with Gasteiger partial charge in [-0.25, -0.2) is 4.98 Å². The number of hydrogen-bond donors (Lipinski definition) is 1. The summed E-state index contributed by atoms with van der Waals surface area (Å²) in [6.45, 7) is 13.7. The van der Waals surface area contributed by atoms with Crippen LogP contribution in [0.1, 0.15) is 45.1 Å². The summed E-state index contributed by atoms with van der Waals surface area (Å²) in [6.07, 6.45) is 2.53. The van der Waals surface area contributed by atoms with Gasteiger partial charge in [-0.05, 0) is 39.9 Å². The van der Waals surface area contributed by atoms with Crippen molar-refractivity contribution in [3.63, 3.8) is 0 Å². The number of hydrogen-bond acceptors (Lipinski definition) is 5. The Balaban J connectivity index is 2.48. The molecule has 19 heavy (non-hydrogen) atoms. The third-order valence-electron chi connectivity index (χ3n) is 3.37. The fourth-order valence-electron chi connectivity index (χ4n) is 2.03. The summed E-state index contributed by atoms with van der Waals surface area (Å²) in [5, 5.41) is 10.6. The van der Waals surface area contributed by atoms with Crippen molar-refractivity contribution < 1.29 is 5.11 Å². The summed E-state index contributed by atoms with van der Waals surface area (Å²) in [6, 6.07) is 0. The SMILES string of the molecule is CCN(CC)CCCN(CC)c1ncc(C(C)O)s1. The molecule has 1 atom stereocenters. The average molecular weight is 285 g/mol. The number of thiazole rings is 1. The van der Waals surface area contributed by atoms with Crippen molar-refractivity contribution in [3.05, 3.63) is 11.1 Å². The molecule has 0 aromatic carbocycles. The van der Waals surface area contributed by atoms with Gasteiger partial charge in [-0.15, -0.1) is 0 Å². The van der Waals surface area contributed by atoms with Gasteiger partial charge in [0, 0.05) is 19.3 Å². The van der Waals surface area contributed by atoms with Crippen LogP contribution in [0.2, 0.25) is 0 Å². The van der Waals surface area contributed by atoms with E-state index in [9.17, 15) is 5.11 Å². The maximum atomic E-state index is 9.55. The quantitative estimate of drug-likeness (QED) is 0.757. The normalized spacial score (nSPS) is 12.9. The molecule has 4 nitrogen and oxygen atoms in total. The van der Waals surface area contributed by atoms with Gasteiger partial charge in [0.25, 0.3) is 0 Å². The molecule has 0 spiro atoms. The predicted molar refractivity (Wildman–Crippen MR) is 83.0 cm³/mol. The predicted octanol–water partition coefficient (Wildman–Crippen LogP) is 2.75. The average Bonchev–Trinajstić information content (AvgIpc) is 2.89. The van der Waals surface area contributed by atoms with Crippen LogP contribution in [0.25, 0.3) is 0 Å². The maximum absolute atomic E-state index is 9.55. The summed E-state index contributed by atoms with van der Waals surface area (Å²) in [5.41, 5.74) is 0. The highest BCUT2D eigenvalue weighted by molar-refractivity contribution is 7.15. The van der Waals surface area contributed by atoms with Gasteiger partial charge in [-0.2, -0.15) is 0 Å². The third kappa shape index (κ3) is 5.09. The highest BCUT2D eigenvalue weighted by Gasteiger charge is 2.12. The van der Waals surface area contributed by atoms with E-state index in [2.05, 4.69) is 35.6 Å². The number of rotatable bonds is 9. The summed E-state index contributed by atoms with van der Waals surface area (Å²) >= 11 is 1.60. The fourth-order valence-corrected chi connectivity index (χ4v) is 2.97. The summed E-state index contributed by atoms with van der Waals surface area (Å²) in [4.78, 5) is 10.1. The van der Waals surface area contributed by atoms with Crippen LogP contribution < -0.4 is 4.90 Å². The zero-order valence-corrected chi connectivity index (χ0v) is 13.4. The minimum atomic E-state index is -0.416. The van der Waals surface area contributed by atoms with E-state index in [0.29, 0.717) is 0 Å². The largest absolute Gasteiger partial charge is 0.388 e. The molecule has 1 aromatic heterocycles. The molecule has 0 aliphatic carbocycles. The van der Waals surface area contributed by atoms with Gasteiger partial charge < -0.3 is 14.9 Å². The second kappa shape index (κ2) is 8.51. The van der Waals surface area contributed by atoms with E-state index >= 15 is 0 Å². The standard InChI is InChI=1S/C14H27N3OS/c1-5-16(6-2)9-8-10-17(7-3)14-15-11-13(19-14)12(4)18/h11-12,18H,5-10H2,1-4H3. The van der Waals surface area contributed by atoms with Crippen molar-refractivity contribution in [2.45, 2.75) is 40.2 Å². The van der Waals surface area contributed by atoms with Gasteiger partial charge in [0.05, 0.1) is 11.0 Å². The van der Waals surface area contributed by atoms with Gasteiger partial charge in [0.15, 0.2) is 5.13 Å². The first kappa shape index (κ1) is 16.4. The van der Waals surface area contributed by atoms with E-state index < -0.39 is 6.10 Å². The highest BCUT2D eigenvalue weighted by Crippen LogP contribution is 2.26. The van der Waals surface area contributed by atoms with Crippen LogP contribution in [0.5, 0.6) is 0 Å². The number of anilines is 1. The molecule has 5 heteroatoms. The maximum Gasteiger partial charge on any atom is 0.185 e. The van der Waals surface area contributed by atoms with Gasteiger partial charge in [0.1, 0.15) is 0 Å². The first-order valence-corrected chi connectivity index (χ1v) is 8.05. The Hall–Kier alpha value is -0.650. The van der Waals surface area contributed by atoms with Crippen LogP contribution in [0.4, 0.5) is 5.13 Å². The lowest BCUT2D eigenvalue weighted by Crippen LogP contribution is -2.29. The fraction of sp³-hybridized carbons (Fsp3) is 0.786. The minimum absolute atomic E-state index is 0.416. The van der Waals surface area contributed by atoms with Crippen LogP contribution in [-0.4, -0.2) is 47.7 Å². The number of aliphatic hydroxyl groups excluding tert-OH is 1. The van der Waals surface area contributed by atoms with Crippen molar-refractivity contribution in [1.29, 1.82) is 0 Å². The van der Waals surface area contributed by atoms with E-state index in [-0.39, 0.29) is 0 Å². The zero-order valence-electron chi connectivity index (χ0n) is 12.6. The first-order valence-electron chi connectivity index (χ1n) is 7.23. The minimum Gasteiger partial charge on any atom is -0.388 e. The van der Waals surface area contributed by atoms with E-state index in [0.717, 1.165) is 49.2 Å². The molecular weight excluding hydrogens is 258 g/mol. The molecule has 1 rings (SSSR count). The molecule has 0 fully saturated rings. The van der Waals surface area contributed by atoms with Crippen LogP contribution in [-0.2, 0) is 0 Å². The molecule has 1 heterocycles. The molecule has 0 amide bonds. The lowest BCUT2D eigenvalue weighted by Gasteiger charge is -2.23. The summed E-state index contributed by atoms with van der Waals surface area (Å²) < 4.78 is 0. The van der Waals surface area contributed by atoms with Gasteiger partial charge in [-0.1, -0.05) is 25.2 Å². The molecule has 0 aliphatic rings. The van der Waals surface area contributed by atoms with Crippen LogP contribution >= 0.6 is 11.3 Å². The second-order valence-electron chi connectivity index (χ2n) is 4.68.